The minimum Gasteiger partial charge on any atom is -0.406 e. The van der Waals surface area contributed by atoms with E-state index in [4.69, 9.17) is 0 Å². The van der Waals surface area contributed by atoms with Gasteiger partial charge in [0.05, 0.1) is 11.4 Å². The lowest BCUT2D eigenvalue weighted by atomic mass is 10.1. The first kappa shape index (κ1) is 21.0. The maximum absolute atomic E-state index is 13.0. The third-order valence-electron chi connectivity index (χ3n) is 5.19. The molecule has 2 aliphatic rings. The van der Waals surface area contributed by atoms with Crippen LogP contribution < -0.4 is 15.6 Å². The third kappa shape index (κ3) is 4.29. The molecule has 0 radical (unpaired) electrons. The van der Waals surface area contributed by atoms with Crippen molar-refractivity contribution in [2.24, 2.45) is 0 Å². The van der Waals surface area contributed by atoms with Crippen LogP contribution in [-0.4, -0.2) is 39.4 Å². The van der Waals surface area contributed by atoms with Crippen LogP contribution in [0.4, 0.5) is 19.0 Å². The summed E-state index contributed by atoms with van der Waals surface area (Å²) in [4.78, 5) is 14.6. The molecule has 31 heavy (non-hydrogen) atoms. The van der Waals surface area contributed by atoms with Gasteiger partial charge in [-0.1, -0.05) is 0 Å². The van der Waals surface area contributed by atoms with Crippen molar-refractivity contribution in [2.75, 3.05) is 12.4 Å². The molecule has 1 aliphatic heterocycles. The number of nitrogens with zero attached hydrogens (tertiary/aromatic N) is 3. The van der Waals surface area contributed by atoms with Gasteiger partial charge >= 0.3 is 6.36 Å². The van der Waals surface area contributed by atoms with Gasteiger partial charge in [0.1, 0.15) is 5.75 Å². The minimum absolute atomic E-state index is 0.309. The Hall–Kier alpha value is -3.27. The summed E-state index contributed by atoms with van der Waals surface area (Å²) >= 11 is 0. The zero-order chi connectivity index (χ0) is 22.3. The van der Waals surface area contributed by atoms with Gasteiger partial charge < -0.3 is 20.1 Å². The minimum atomic E-state index is -4.80. The topological polar surface area (TPSA) is 79.6 Å². The fourth-order valence-electron chi connectivity index (χ4n) is 3.84. The number of nitrogens with one attached hydrogen (secondary N) is 1. The van der Waals surface area contributed by atoms with Gasteiger partial charge in [0, 0.05) is 24.4 Å². The predicted octanol–water partition coefficient (Wildman–Crippen LogP) is 3.08. The highest BCUT2D eigenvalue weighted by atomic mass is 19.4. The molecule has 2 aromatic rings. The van der Waals surface area contributed by atoms with Crippen LogP contribution in [0.2, 0.25) is 0 Å². The second kappa shape index (κ2) is 7.77. The number of hydrogen-bond donors (Lipinski definition) is 2. The Labute approximate surface area is 176 Å². The second-order valence-corrected chi connectivity index (χ2v) is 7.55. The van der Waals surface area contributed by atoms with Crippen LogP contribution in [0.3, 0.4) is 0 Å². The number of rotatable bonds is 4. The van der Waals surface area contributed by atoms with E-state index in [1.165, 1.54) is 12.1 Å². The van der Waals surface area contributed by atoms with E-state index < -0.39 is 12.6 Å². The number of benzene rings is 1. The monoisotopic (exact) mass is 434 g/mol. The zero-order valence-electron chi connectivity index (χ0n) is 16.9. The Morgan fingerprint density at radius 3 is 2.55 bits per heavy atom. The summed E-state index contributed by atoms with van der Waals surface area (Å²) < 4.78 is 42.3. The van der Waals surface area contributed by atoms with E-state index in [-0.39, 0.29) is 11.3 Å². The maximum Gasteiger partial charge on any atom is 0.573 e. The first-order valence-electron chi connectivity index (χ1n) is 9.71. The van der Waals surface area contributed by atoms with Crippen LogP contribution in [0.15, 0.2) is 52.6 Å². The van der Waals surface area contributed by atoms with Crippen LogP contribution in [0.1, 0.15) is 24.5 Å². The fraction of sp³-hybridized carbons (Fsp3) is 0.333. The molecule has 1 aliphatic carbocycles. The summed E-state index contributed by atoms with van der Waals surface area (Å²) in [5.74, 6) is 0.0562. The summed E-state index contributed by atoms with van der Waals surface area (Å²) in [5.41, 5.74) is 2.85. The van der Waals surface area contributed by atoms with Crippen LogP contribution in [0.5, 0.6) is 5.75 Å². The number of fused-ring (bicyclic) bond motifs is 1. The molecule has 1 aromatic carbocycles. The first-order chi connectivity index (χ1) is 14.6. The highest BCUT2D eigenvalue weighted by Gasteiger charge is 2.31. The Balaban J connectivity index is 1.72. The molecule has 10 heteroatoms. The van der Waals surface area contributed by atoms with Gasteiger partial charge in [-0.2, -0.15) is 4.68 Å². The lowest BCUT2D eigenvalue weighted by molar-refractivity contribution is -0.274. The number of anilines is 1. The molecule has 0 bridgehead atoms. The summed E-state index contributed by atoms with van der Waals surface area (Å²) in [6.45, 7) is 1.90. The van der Waals surface area contributed by atoms with Gasteiger partial charge in [0.15, 0.2) is 12.0 Å². The van der Waals surface area contributed by atoms with Crippen LogP contribution in [0, 0.1) is 0 Å². The zero-order valence-corrected chi connectivity index (χ0v) is 16.9. The number of hydrogen-bond acceptors (Lipinski definition) is 6. The van der Waals surface area contributed by atoms with Crippen molar-refractivity contribution in [1.29, 1.82) is 0 Å². The third-order valence-corrected chi connectivity index (χ3v) is 5.19. The first-order valence-corrected chi connectivity index (χ1v) is 9.71. The van der Waals surface area contributed by atoms with Crippen molar-refractivity contribution in [1.82, 2.24) is 14.7 Å². The molecule has 4 rings (SSSR count). The Bertz CT molecular complexity index is 1120. The smallest absolute Gasteiger partial charge is 0.406 e. The molecule has 7 nitrogen and oxygen atoms in total. The molecular weight excluding hydrogens is 413 g/mol. The van der Waals surface area contributed by atoms with E-state index in [0.29, 0.717) is 35.6 Å². The Morgan fingerprint density at radius 2 is 1.87 bits per heavy atom. The quantitative estimate of drug-likeness (QED) is 0.770. The molecule has 0 spiro atoms. The molecule has 0 amide bonds. The number of allylic oxidation sites excluding steroid dienone is 2. The van der Waals surface area contributed by atoms with Crippen molar-refractivity contribution in [3.8, 4) is 11.4 Å². The van der Waals surface area contributed by atoms with E-state index in [1.807, 2.05) is 6.92 Å². The molecule has 0 saturated carbocycles. The average Bonchev–Trinajstić information content (AvgIpc) is 3.18. The lowest BCUT2D eigenvalue weighted by Crippen LogP contribution is -2.35. The Kier molecular flexibility index (Phi) is 5.26. The molecule has 1 unspecified atom stereocenters. The van der Waals surface area contributed by atoms with E-state index in [9.17, 15) is 23.1 Å². The van der Waals surface area contributed by atoms with Crippen LogP contribution in [0.25, 0.3) is 5.69 Å². The fourth-order valence-corrected chi connectivity index (χ4v) is 3.84. The lowest BCUT2D eigenvalue weighted by Gasteiger charge is -2.29. The highest BCUT2D eigenvalue weighted by molar-refractivity contribution is 5.55. The van der Waals surface area contributed by atoms with Gasteiger partial charge in [-0.3, -0.25) is 4.79 Å². The Morgan fingerprint density at radius 1 is 1.19 bits per heavy atom. The SMILES string of the molecule is CC1=CN(C)C(O)C(Nc2nn(-c3ccc(OC(F)(F)F)cc3)c(=O)c3c2CCC3)=C1. The number of halogens is 3. The molecule has 2 N–H and O–H groups in total. The maximum atomic E-state index is 13.0. The molecule has 0 fully saturated rings. The van der Waals surface area contributed by atoms with Gasteiger partial charge in [0.25, 0.3) is 5.56 Å². The van der Waals surface area contributed by atoms with Crippen LogP contribution in [-0.2, 0) is 12.8 Å². The number of alkyl halides is 3. The van der Waals surface area contributed by atoms with Crippen LogP contribution >= 0.6 is 0 Å². The number of ether oxygens (including phenoxy) is 1. The molecule has 0 saturated heterocycles. The largest absolute Gasteiger partial charge is 0.573 e. The van der Waals surface area contributed by atoms with E-state index >= 15 is 0 Å². The summed E-state index contributed by atoms with van der Waals surface area (Å²) in [6.07, 6.45) is -0.0409. The average molecular weight is 434 g/mol. The number of likely N-dealkylation sites (N-methyl/N-ethyl adjacent to an activating group) is 1. The van der Waals surface area contributed by atoms with Gasteiger partial charge in [0.2, 0.25) is 0 Å². The van der Waals surface area contributed by atoms with E-state index in [2.05, 4.69) is 15.2 Å². The van der Waals surface area contributed by atoms with Crippen molar-refractivity contribution in [2.45, 2.75) is 38.8 Å². The molecular formula is C21H21F3N4O3. The van der Waals surface area contributed by atoms with Crippen molar-refractivity contribution < 1.29 is 23.0 Å². The summed E-state index contributed by atoms with van der Waals surface area (Å²) in [7, 11) is 1.74. The van der Waals surface area contributed by atoms with E-state index in [1.54, 1.807) is 24.2 Å². The van der Waals surface area contributed by atoms with Crippen molar-refractivity contribution in [3.63, 3.8) is 0 Å². The second-order valence-electron chi connectivity index (χ2n) is 7.55. The predicted molar refractivity (Wildman–Crippen MR) is 108 cm³/mol. The standard InChI is InChI=1S/C21H21F3N4O3/c1-12-10-17(20(30)27(2)11-12)25-18-15-4-3-5-16(15)19(29)28(26-18)13-6-8-14(9-7-13)31-21(22,23)24/h6-11,20,30H,3-5H2,1-2H3,(H,25,26). The summed E-state index contributed by atoms with van der Waals surface area (Å²) in [5, 5.41) is 18.1. The number of aliphatic hydroxyl groups is 1. The molecule has 164 valence electrons. The number of aromatic nitrogens is 2. The highest BCUT2D eigenvalue weighted by Crippen LogP contribution is 2.29. The normalized spacial score (nSPS) is 18.4. The van der Waals surface area contributed by atoms with Crippen molar-refractivity contribution in [3.05, 3.63) is 69.3 Å². The van der Waals surface area contributed by atoms with Gasteiger partial charge in [-0.25, -0.2) is 0 Å². The van der Waals surface area contributed by atoms with Crippen molar-refractivity contribution >= 4 is 5.82 Å². The molecule has 1 atom stereocenters. The number of aliphatic hydroxyl groups excluding tert-OH is 1. The molecule has 1 aromatic heterocycles. The van der Waals surface area contributed by atoms with Gasteiger partial charge in [-0.05, 0) is 62.1 Å². The van der Waals surface area contributed by atoms with E-state index in [0.717, 1.165) is 34.4 Å². The summed E-state index contributed by atoms with van der Waals surface area (Å²) in [6, 6.07) is 4.95. The van der Waals surface area contributed by atoms with Gasteiger partial charge in [-0.15, -0.1) is 18.3 Å². The molecule has 2 heterocycles.